The Hall–Kier alpha value is -3.44. The summed E-state index contributed by atoms with van der Waals surface area (Å²) in [5.74, 6) is 0.776. The average molecular weight is 384 g/mol. The second kappa shape index (κ2) is 7.18. The fourth-order valence-electron chi connectivity index (χ4n) is 3.96. The standard InChI is InChI=1S/C24H20N2O3/c1-16-19-7-8-21-20(14-26(15-28-21)13-17-9-11-25-12-10-17)23(19)29-24(27)22(16)18-5-3-2-4-6-18/h2-12H,13-15H2,1H3. The van der Waals surface area contributed by atoms with Crippen LogP contribution in [-0.2, 0) is 13.1 Å². The van der Waals surface area contributed by atoms with Gasteiger partial charge < -0.3 is 9.15 Å². The van der Waals surface area contributed by atoms with Gasteiger partial charge in [-0.25, -0.2) is 4.79 Å². The van der Waals surface area contributed by atoms with Gasteiger partial charge in [-0.1, -0.05) is 30.3 Å². The van der Waals surface area contributed by atoms with Crippen LogP contribution in [-0.4, -0.2) is 16.6 Å². The van der Waals surface area contributed by atoms with E-state index in [-0.39, 0.29) is 5.63 Å². The maximum Gasteiger partial charge on any atom is 0.344 e. The second-order valence-corrected chi connectivity index (χ2v) is 7.29. The number of rotatable bonds is 3. The number of hydrogen-bond acceptors (Lipinski definition) is 5. The first-order chi connectivity index (χ1) is 14.2. The van der Waals surface area contributed by atoms with Gasteiger partial charge in [0, 0.05) is 30.9 Å². The van der Waals surface area contributed by atoms with Crippen LogP contribution in [0, 0.1) is 6.92 Å². The minimum atomic E-state index is -0.319. The third-order valence-corrected chi connectivity index (χ3v) is 5.40. The van der Waals surface area contributed by atoms with Crippen LogP contribution >= 0.6 is 0 Å². The first kappa shape index (κ1) is 17.6. The number of pyridine rings is 1. The third-order valence-electron chi connectivity index (χ3n) is 5.40. The molecule has 1 aliphatic heterocycles. The van der Waals surface area contributed by atoms with Crippen LogP contribution in [0.5, 0.6) is 5.75 Å². The minimum absolute atomic E-state index is 0.319. The number of nitrogens with zero attached hydrogens (tertiary/aromatic N) is 2. The van der Waals surface area contributed by atoms with Crippen LogP contribution in [0.4, 0.5) is 0 Å². The van der Waals surface area contributed by atoms with Gasteiger partial charge >= 0.3 is 5.63 Å². The third kappa shape index (κ3) is 3.19. The summed E-state index contributed by atoms with van der Waals surface area (Å²) in [6, 6.07) is 17.6. The molecule has 0 fully saturated rings. The maximum absolute atomic E-state index is 12.9. The first-order valence-corrected chi connectivity index (χ1v) is 9.59. The summed E-state index contributed by atoms with van der Waals surface area (Å²) in [7, 11) is 0. The van der Waals surface area contributed by atoms with E-state index in [0.29, 0.717) is 24.4 Å². The lowest BCUT2D eigenvalue weighted by atomic mass is 9.97. The molecule has 5 rings (SSSR count). The number of aromatic nitrogens is 1. The van der Waals surface area contributed by atoms with Crippen molar-refractivity contribution in [2.45, 2.75) is 20.0 Å². The zero-order valence-corrected chi connectivity index (χ0v) is 16.1. The average Bonchev–Trinajstić information content (AvgIpc) is 2.75. The highest BCUT2D eigenvalue weighted by atomic mass is 16.5. The van der Waals surface area contributed by atoms with Crippen LogP contribution in [0.3, 0.4) is 0 Å². The Morgan fingerprint density at radius 3 is 2.62 bits per heavy atom. The highest BCUT2D eigenvalue weighted by Gasteiger charge is 2.23. The molecular weight excluding hydrogens is 364 g/mol. The predicted molar refractivity (Wildman–Crippen MR) is 112 cm³/mol. The summed E-state index contributed by atoms with van der Waals surface area (Å²) in [5.41, 5.74) is 4.79. The molecule has 144 valence electrons. The zero-order valence-electron chi connectivity index (χ0n) is 16.1. The molecule has 3 heterocycles. The van der Waals surface area contributed by atoms with E-state index in [0.717, 1.165) is 39.9 Å². The Balaban J connectivity index is 1.58. The number of hydrogen-bond donors (Lipinski definition) is 0. The number of fused-ring (bicyclic) bond motifs is 3. The summed E-state index contributed by atoms with van der Waals surface area (Å²) >= 11 is 0. The molecule has 5 heteroatoms. The molecule has 1 aliphatic rings. The van der Waals surface area contributed by atoms with Gasteiger partial charge in [0.2, 0.25) is 0 Å². The smallest absolute Gasteiger partial charge is 0.344 e. The van der Waals surface area contributed by atoms with Crippen molar-refractivity contribution in [2.24, 2.45) is 0 Å². The van der Waals surface area contributed by atoms with Gasteiger partial charge in [-0.15, -0.1) is 0 Å². The number of ether oxygens (including phenoxy) is 1. The van der Waals surface area contributed by atoms with Crippen LogP contribution in [0.2, 0.25) is 0 Å². The Morgan fingerprint density at radius 1 is 1.03 bits per heavy atom. The van der Waals surface area contributed by atoms with Gasteiger partial charge in [0.25, 0.3) is 0 Å². The summed E-state index contributed by atoms with van der Waals surface area (Å²) in [6.07, 6.45) is 3.58. The molecule has 4 aromatic rings. The Morgan fingerprint density at radius 2 is 1.83 bits per heavy atom. The zero-order chi connectivity index (χ0) is 19.8. The highest BCUT2D eigenvalue weighted by molar-refractivity contribution is 5.90. The molecular formula is C24H20N2O3. The van der Waals surface area contributed by atoms with Crippen molar-refractivity contribution in [3.8, 4) is 16.9 Å². The number of benzene rings is 2. The van der Waals surface area contributed by atoms with E-state index >= 15 is 0 Å². The van der Waals surface area contributed by atoms with Crippen LogP contribution in [0.15, 0.2) is 76.2 Å². The summed E-state index contributed by atoms with van der Waals surface area (Å²) in [6.45, 7) is 3.87. The molecule has 29 heavy (non-hydrogen) atoms. The summed E-state index contributed by atoms with van der Waals surface area (Å²) in [5, 5.41) is 0.941. The van der Waals surface area contributed by atoms with E-state index in [4.69, 9.17) is 9.15 Å². The molecule has 0 saturated heterocycles. The van der Waals surface area contributed by atoms with Gasteiger partial charge in [-0.3, -0.25) is 9.88 Å². The van der Waals surface area contributed by atoms with E-state index in [2.05, 4.69) is 9.88 Å². The molecule has 0 radical (unpaired) electrons. The van der Waals surface area contributed by atoms with Gasteiger partial charge in [0.05, 0.1) is 11.1 Å². The largest absolute Gasteiger partial charge is 0.478 e. The molecule has 0 aliphatic carbocycles. The van der Waals surface area contributed by atoms with E-state index < -0.39 is 0 Å². The lowest BCUT2D eigenvalue weighted by Gasteiger charge is -2.29. The Bertz CT molecular complexity index is 1230. The molecule has 0 saturated carbocycles. The fourth-order valence-corrected chi connectivity index (χ4v) is 3.96. The quantitative estimate of drug-likeness (QED) is 0.486. The van der Waals surface area contributed by atoms with Crippen LogP contribution < -0.4 is 10.4 Å². The monoisotopic (exact) mass is 384 g/mol. The normalized spacial score (nSPS) is 13.8. The van der Waals surface area contributed by atoms with E-state index in [1.807, 2.05) is 61.5 Å². The maximum atomic E-state index is 12.9. The van der Waals surface area contributed by atoms with Crippen molar-refractivity contribution in [2.75, 3.05) is 6.73 Å². The lowest BCUT2D eigenvalue weighted by Crippen LogP contribution is -2.31. The number of aryl methyl sites for hydroxylation is 1. The first-order valence-electron chi connectivity index (χ1n) is 9.59. The van der Waals surface area contributed by atoms with Crippen molar-refractivity contribution < 1.29 is 9.15 Å². The fraction of sp³-hybridized carbons (Fsp3) is 0.167. The van der Waals surface area contributed by atoms with E-state index in [1.54, 1.807) is 12.4 Å². The molecule has 0 unspecified atom stereocenters. The molecule has 0 amide bonds. The highest BCUT2D eigenvalue weighted by Crippen LogP contribution is 2.35. The summed E-state index contributed by atoms with van der Waals surface area (Å²) in [4.78, 5) is 19.1. The second-order valence-electron chi connectivity index (χ2n) is 7.29. The lowest BCUT2D eigenvalue weighted by molar-refractivity contribution is 0.0889. The molecule has 0 bridgehead atoms. The molecule has 0 N–H and O–H groups in total. The van der Waals surface area contributed by atoms with Crippen LogP contribution in [0.25, 0.3) is 22.1 Å². The minimum Gasteiger partial charge on any atom is -0.478 e. The summed E-state index contributed by atoms with van der Waals surface area (Å²) < 4.78 is 11.8. The van der Waals surface area contributed by atoms with Gasteiger partial charge in [-0.2, -0.15) is 0 Å². The van der Waals surface area contributed by atoms with Crippen molar-refractivity contribution >= 4 is 11.0 Å². The van der Waals surface area contributed by atoms with Gasteiger partial charge in [0.1, 0.15) is 18.1 Å². The van der Waals surface area contributed by atoms with Gasteiger partial charge in [-0.05, 0) is 47.9 Å². The molecule has 2 aromatic heterocycles. The van der Waals surface area contributed by atoms with E-state index in [1.165, 1.54) is 0 Å². The van der Waals surface area contributed by atoms with Crippen molar-refractivity contribution in [1.82, 2.24) is 9.88 Å². The Labute approximate surface area is 168 Å². The van der Waals surface area contributed by atoms with Gasteiger partial charge in [0.15, 0.2) is 0 Å². The van der Waals surface area contributed by atoms with Crippen LogP contribution in [0.1, 0.15) is 16.7 Å². The van der Waals surface area contributed by atoms with Crippen molar-refractivity contribution in [1.29, 1.82) is 0 Å². The molecule has 5 nitrogen and oxygen atoms in total. The molecule has 0 spiro atoms. The Kier molecular flexibility index (Phi) is 4.37. The molecule has 2 aromatic carbocycles. The van der Waals surface area contributed by atoms with E-state index in [9.17, 15) is 4.79 Å². The predicted octanol–water partition coefficient (Wildman–Crippen LogP) is 4.52. The van der Waals surface area contributed by atoms with Crippen molar-refractivity contribution in [3.63, 3.8) is 0 Å². The molecule has 0 atom stereocenters. The topological polar surface area (TPSA) is 55.6 Å². The SMILES string of the molecule is Cc1c(-c2ccccc2)c(=O)oc2c3c(ccc12)OCN(Cc1ccncc1)C3. The van der Waals surface area contributed by atoms with Crippen molar-refractivity contribution in [3.05, 3.63) is 94.1 Å².